The van der Waals surface area contributed by atoms with Crippen LogP contribution in [0.4, 0.5) is 0 Å². The van der Waals surface area contributed by atoms with Crippen molar-refractivity contribution in [2.24, 2.45) is 0 Å². The maximum atomic E-state index is 10.5. The van der Waals surface area contributed by atoms with E-state index in [0.29, 0.717) is 6.42 Å². The summed E-state index contributed by atoms with van der Waals surface area (Å²) in [5.74, 6) is 6.10. The van der Waals surface area contributed by atoms with Crippen molar-refractivity contribution >= 4 is 10.1 Å². The van der Waals surface area contributed by atoms with Crippen molar-refractivity contribution in [2.45, 2.75) is 102 Å². The lowest BCUT2D eigenvalue weighted by atomic mass is 10.0. The van der Waals surface area contributed by atoms with E-state index in [9.17, 15) is 13.5 Å². The van der Waals surface area contributed by atoms with Gasteiger partial charge in [0, 0.05) is 6.42 Å². The Bertz CT molecular complexity index is 481. The first-order valence-electron chi connectivity index (χ1n) is 9.59. The molecule has 0 heterocycles. The largest absolute Gasteiger partial charge is 0.378 e. The molecule has 5 heteroatoms. The number of unbranched alkanes of at least 4 members (excludes halogenated alkanes) is 10. The summed E-state index contributed by atoms with van der Waals surface area (Å²) in [6.45, 7) is 0. The van der Waals surface area contributed by atoms with Crippen LogP contribution in [-0.2, 0) is 10.1 Å². The molecule has 0 aromatic heterocycles. The third-order valence-corrected chi connectivity index (χ3v) is 5.51. The molecule has 2 N–H and O–H groups in total. The Hall–Kier alpha value is -0.570. The molecule has 0 spiro atoms. The molecule has 1 saturated carbocycles. The molecule has 0 atom stereocenters. The van der Waals surface area contributed by atoms with Crippen LogP contribution in [0.3, 0.4) is 0 Å². The first kappa shape index (κ1) is 21.5. The van der Waals surface area contributed by atoms with Crippen molar-refractivity contribution in [3.8, 4) is 11.8 Å². The van der Waals surface area contributed by atoms with Gasteiger partial charge in [0.05, 0.1) is 5.75 Å². The summed E-state index contributed by atoms with van der Waals surface area (Å²) < 4.78 is 29.7. The molecule has 0 radical (unpaired) electrons. The molecule has 0 aliphatic heterocycles. The van der Waals surface area contributed by atoms with Crippen molar-refractivity contribution in [1.29, 1.82) is 0 Å². The summed E-state index contributed by atoms with van der Waals surface area (Å²) in [6, 6.07) is 0. The zero-order chi connectivity index (χ0) is 17.7. The van der Waals surface area contributed by atoms with Crippen LogP contribution in [0.1, 0.15) is 96.3 Å². The van der Waals surface area contributed by atoms with Crippen LogP contribution in [-0.4, -0.2) is 29.4 Å². The zero-order valence-corrected chi connectivity index (χ0v) is 15.7. The normalized spacial score (nSPS) is 16.8. The van der Waals surface area contributed by atoms with Gasteiger partial charge < -0.3 is 5.11 Å². The van der Waals surface area contributed by atoms with E-state index in [1.54, 1.807) is 0 Å². The summed E-state index contributed by atoms with van der Waals surface area (Å²) in [6.07, 6.45) is 15.7. The molecule has 1 rings (SSSR count). The van der Waals surface area contributed by atoms with Crippen LogP contribution in [0.2, 0.25) is 0 Å². The smallest absolute Gasteiger partial charge is 0.264 e. The lowest BCUT2D eigenvalue weighted by molar-refractivity contribution is 0.110. The Kier molecular flexibility index (Phi) is 10.6. The van der Waals surface area contributed by atoms with Crippen molar-refractivity contribution in [1.82, 2.24) is 0 Å². The number of hydrogen-bond acceptors (Lipinski definition) is 3. The second kappa shape index (κ2) is 11.9. The average molecular weight is 359 g/mol. The van der Waals surface area contributed by atoms with E-state index in [2.05, 4.69) is 11.8 Å². The molecular weight excluding hydrogens is 324 g/mol. The van der Waals surface area contributed by atoms with E-state index >= 15 is 0 Å². The Balaban J connectivity index is 1.82. The number of rotatable bonds is 12. The minimum Gasteiger partial charge on any atom is -0.378 e. The predicted octanol–water partition coefficient (Wildman–Crippen LogP) is 4.47. The van der Waals surface area contributed by atoms with Gasteiger partial charge in [0.15, 0.2) is 0 Å². The Morgan fingerprint density at radius 2 is 1.25 bits per heavy atom. The van der Waals surface area contributed by atoms with Gasteiger partial charge in [-0.25, -0.2) is 0 Å². The van der Waals surface area contributed by atoms with E-state index in [0.717, 1.165) is 57.8 Å². The van der Waals surface area contributed by atoms with Crippen molar-refractivity contribution < 1.29 is 18.1 Å². The van der Waals surface area contributed by atoms with E-state index in [1.165, 1.54) is 32.1 Å². The van der Waals surface area contributed by atoms with Crippen LogP contribution < -0.4 is 0 Å². The molecule has 0 bridgehead atoms. The monoisotopic (exact) mass is 358 g/mol. The number of aliphatic hydroxyl groups is 1. The second-order valence-corrected chi connectivity index (χ2v) is 8.68. The Labute approximate surface area is 148 Å². The van der Waals surface area contributed by atoms with E-state index in [1.807, 2.05) is 0 Å². The predicted molar refractivity (Wildman–Crippen MR) is 98.4 cm³/mol. The van der Waals surface area contributed by atoms with Crippen LogP contribution in [0, 0.1) is 11.8 Å². The quantitative estimate of drug-likeness (QED) is 0.306. The van der Waals surface area contributed by atoms with Crippen molar-refractivity contribution in [3.63, 3.8) is 0 Å². The lowest BCUT2D eigenvalue weighted by Crippen LogP contribution is -2.20. The van der Waals surface area contributed by atoms with Gasteiger partial charge in [-0.15, -0.1) is 5.92 Å². The topological polar surface area (TPSA) is 74.6 Å². The fraction of sp³-hybridized carbons (Fsp3) is 0.895. The molecule has 0 aromatic carbocycles. The van der Waals surface area contributed by atoms with Gasteiger partial charge in [0.1, 0.15) is 5.60 Å². The average Bonchev–Trinajstić information content (AvgIpc) is 2.93. The van der Waals surface area contributed by atoms with Gasteiger partial charge in [-0.05, 0) is 38.5 Å². The highest BCUT2D eigenvalue weighted by Gasteiger charge is 2.28. The second-order valence-electron chi connectivity index (χ2n) is 7.11. The number of hydrogen-bond donors (Lipinski definition) is 2. The first-order chi connectivity index (χ1) is 11.4. The minimum absolute atomic E-state index is 0.104. The summed E-state index contributed by atoms with van der Waals surface area (Å²) in [4.78, 5) is 0. The maximum absolute atomic E-state index is 10.5. The fourth-order valence-electron chi connectivity index (χ4n) is 3.22. The molecule has 1 aliphatic carbocycles. The van der Waals surface area contributed by atoms with Gasteiger partial charge in [-0.3, -0.25) is 4.55 Å². The van der Waals surface area contributed by atoms with Gasteiger partial charge in [0.25, 0.3) is 10.1 Å². The summed E-state index contributed by atoms with van der Waals surface area (Å²) in [5, 5.41) is 10.1. The van der Waals surface area contributed by atoms with E-state index in [4.69, 9.17) is 4.55 Å². The third-order valence-electron chi connectivity index (χ3n) is 4.71. The van der Waals surface area contributed by atoms with Gasteiger partial charge in [0.2, 0.25) is 0 Å². The molecule has 0 saturated heterocycles. The van der Waals surface area contributed by atoms with Crippen LogP contribution in [0.25, 0.3) is 0 Å². The first-order valence-corrected chi connectivity index (χ1v) is 11.2. The molecule has 140 valence electrons. The van der Waals surface area contributed by atoms with E-state index in [-0.39, 0.29) is 5.75 Å². The van der Waals surface area contributed by atoms with Crippen LogP contribution >= 0.6 is 0 Å². The Morgan fingerprint density at radius 1 is 0.792 bits per heavy atom. The highest BCUT2D eigenvalue weighted by atomic mass is 32.2. The zero-order valence-electron chi connectivity index (χ0n) is 14.9. The molecule has 0 aromatic rings. The van der Waals surface area contributed by atoms with Gasteiger partial charge >= 0.3 is 0 Å². The van der Waals surface area contributed by atoms with Crippen LogP contribution in [0.15, 0.2) is 0 Å². The van der Waals surface area contributed by atoms with E-state index < -0.39 is 15.7 Å². The maximum Gasteiger partial charge on any atom is 0.264 e. The SMILES string of the molecule is O=S(=O)(O)CCCCCCCCCCCCC#CC1(O)CCCC1. The van der Waals surface area contributed by atoms with Crippen LogP contribution in [0.5, 0.6) is 0 Å². The van der Waals surface area contributed by atoms with Crippen molar-refractivity contribution in [2.75, 3.05) is 5.75 Å². The highest BCUT2D eigenvalue weighted by Crippen LogP contribution is 2.28. The molecule has 0 amide bonds. The lowest BCUT2D eigenvalue weighted by Gasteiger charge is -2.12. The molecule has 0 unspecified atom stereocenters. The molecule has 1 fully saturated rings. The summed E-state index contributed by atoms with van der Waals surface area (Å²) in [7, 11) is -3.77. The summed E-state index contributed by atoms with van der Waals surface area (Å²) in [5.41, 5.74) is -0.679. The standard InChI is InChI=1S/C19H34O4S/c20-19(16-12-13-17-19)15-11-9-7-5-3-1-2-4-6-8-10-14-18-24(21,22)23/h20H,1-10,12-14,16-18H2,(H,21,22,23). The summed E-state index contributed by atoms with van der Waals surface area (Å²) >= 11 is 0. The molecule has 4 nitrogen and oxygen atoms in total. The molecule has 1 aliphatic rings. The van der Waals surface area contributed by atoms with Crippen molar-refractivity contribution in [3.05, 3.63) is 0 Å². The molecular formula is C19H34O4S. The van der Waals surface area contributed by atoms with Gasteiger partial charge in [-0.1, -0.05) is 57.3 Å². The minimum atomic E-state index is -3.77. The Morgan fingerprint density at radius 3 is 1.75 bits per heavy atom. The highest BCUT2D eigenvalue weighted by molar-refractivity contribution is 7.85. The fourth-order valence-corrected chi connectivity index (χ4v) is 3.79. The third kappa shape index (κ3) is 11.9. The molecule has 24 heavy (non-hydrogen) atoms. The van der Waals surface area contributed by atoms with Gasteiger partial charge in [-0.2, -0.15) is 8.42 Å².